The Morgan fingerprint density at radius 2 is 1.97 bits per heavy atom. The van der Waals surface area contributed by atoms with E-state index in [0.29, 0.717) is 11.2 Å². The minimum absolute atomic E-state index is 0.118. The van der Waals surface area contributed by atoms with Crippen molar-refractivity contribution < 1.29 is 34.7 Å². The predicted molar refractivity (Wildman–Crippen MR) is 114 cm³/mol. The number of phenolic OH excluding ortho intramolecular Hbond substituents is 1. The van der Waals surface area contributed by atoms with E-state index >= 15 is 0 Å². The van der Waals surface area contributed by atoms with Gasteiger partial charge in [-0.3, -0.25) is 4.57 Å². The molecule has 1 aliphatic heterocycles. The molecular weight excluding hydrogens is 434 g/mol. The first-order valence-electron chi connectivity index (χ1n) is 10.4. The molecule has 0 unspecified atom stereocenters. The third-order valence-electron chi connectivity index (χ3n) is 5.41. The molecule has 5 N–H and O–H groups in total. The Kier molecular flexibility index (Phi) is 6.70. The summed E-state index contributed by atoms with van der Waals surface area (Å²) in [4.78, 5) is 25.3. The number of aliphatic hydroxyl groups is 3. The topological polar surface area (TPSA) is 172 Å². The largest absolute Gasteiger partial charge is 0.508 e. The van der Waals surface area contributed by atoms with Crippen LogP contribution in [0.5, 0.6) is 5.75 Å². The van der Waals surface area contributed by atoms with Crippen LogP contribution >= 0.6 is 0 Å². The molecule has 5 atom stereocenters. The zero-order chi connectivity index (χ0) is 23.5. The molecule has 176 valence electrons. The summed E-state index contributed by atoms with van der Waals surface area (Å²) < 4.78 is 12.2. The number of carbonyl (C=O) groups is 1. The van der Waals surface area contributed by atoms with E-state index in [0.717, 1.165) is 5.56 Å². The van der Waals surface area contributed by atoms with Gasteiger partial charge in [-0.05, 0) is 24.6 Å². The number of nitrogens with zero attached hydrogens (tertiary/aromatic N) is 4. The first-order valence-corrected chi connectivity index (χ1v) is 10.4. The van der Waals surface area contributed by atoms with Crippen LogP contribution in [0.15, 0.2) is 36.9 Å². The lowest BCUT2D eigenvalue weighted by molar-refractivity contribution is -0.144. The fourth-order valence-electron chi connectivity index (χ4n) is 3.72. The predicted octanol–water partition coefficient (Wildman–Crippen LogP) is -0.270. The summed E-state index contributed by atoms with van der Waals surface area (Å²) >= 11 is 0. The maximum atomic E-state index is 12.6. The van der Waals surface area contributed by atoms with Gasteiger partial charge < -0.3 is 35.2 Å². The maximum Gasteiger partial charge on any atom is 0.328 e. The van der Waals surface area contributed by atoms with Crippen LogP contribution in [-0.4, -0.2) is 83.5 Å². The molecule has 0 saturated carbocycles. The van der Waals surface area contributed by atoms with Crippen molar-refractivity contribution in [2.45, 2.75) is 43.9 Å². The molecule has 12 nitrogen and oxygen atoms in total. The van der Waals surface area contributed by atoms with Gasteiger partial charge in [0.25, 0.3) is 0 Å². The van der Waals surface area contributed by atoms with Crippen LogP contribution in [0.4, 0.5) is 5.82 Å². The standard InChI is InChI=1S/C21H25N5O7/c1-2-32-21(31)13(7-11-3-5-12(28)6-4-11)25-18-15-19(23-9-22-18)26(10-24-15)20-17(30)16(29)14(8-27)33-20/h3-6,9-10,13-14,16-17,20,27-30H,2,7-8H2,1H3,(H,22,23,25)/t13-,14-,16-,17-,20-/m1/s1. The van der Waals surface area contributed by atoms with Gasteiger partial charge in [0.15, 0.2) is 23.2 Å². The summed E-state index contributed by atoms with van der Waals surface area (Å²) in [5.74, 6) is -0.102. The molecule has 12 heteroatoms. The smallest absolute Gasteiger partial charge is 0.328 e. The maximum absolute atomic E-state index is 12.6. The van der Waals surface area contributed by atoms with Crippen molar-refractivity contribution >= 4 is 23.0 Å². The summed E-state index contributed by atoms with van der Waals surface area (Å²) in [6.45, 7) is 1.45. The fourth-order valence-corrected chi connectivity index (χ4v) is 3.72. The molecule has 1 aromatic carbocycles. The summed E-state index contributed by atoms with van der Waals surface area (Å²) in [6.07, 6.45) is -1.61. The third kappa shape index (κ3) is 4.59. The minimum atomic E-state index is -1.30. The molecule has 0 spiro atoms. The second-order valence-electron chi connectivity index (χ2n) is 7.59. The highest BCUT2D eigenvalue weighted by Gasteiger charge is 2.44. The second kappa shape index (κ2) is 9.67. The van der Waals surface area contributed by atoms with Crippen LogP contribution < -0.4 is 5.32 Å². The van der Waals surface area contributed by atoms with Crippen molar-refractivity contribution in [2.75, 3.05) is 18.5 Å². The van der Waals surface area contributed by atoms with E-state index in [4.69, 9.17) is 9.47 Å². The van der Waals surface area contributed by atoms with Crippen LogP contribution in [0.2, 0.25) is 0 Å². The normalized spacial score (nSPS) is 23.5. The Morgan fingerprint density at radius 1 is 1.21 bits per heavy atom. The lowest BCUT2D eigenvalue weighted by Gasteiger charge is -2.19. The number of hydrogen-bond donors (Lipinski definition) is 5. The number of imidazole rings is 1. The van der Waals surface area contributed by atoms with E-state index in [1.807, 2.05) is 0 Å². The molecule has 3 aromatic rings. The number of phenols is 1. The summed E-state index contributed by atoms with van der Waals surface area (Å²) in [6, 6.07) is 5.67. The molecule has 0 aliphatic carbocycles. The molecule has 2 aromatic heterocycles. The van der Waals surface area contributed by atoms with Crippen LogP contribution in [0, 0.1) is 0 Å². The highest BCUT2D eigenvalue weighted by atomic mass is 16.6. The number of aliphatic hydroxyl groups excluding tert-OH is 3. The van der Waals surface area contributed by atoms with Gasteiger partial charge in [0.05, 0.1) is 19.5 Å². The molecule has 1 fully saturated rings. The van der Waals surface area contributed by atoms with Gasteiger partial charge >= 0.3 is 5.97 Å². The number of ether oxygens (including phenoxy) is 2. The molecule has 0 bridgehead atoms. The van der Waals surface area contributed by atoms with Gasteiger partial charge in [0.2, 0.25) is 0 Å². The number of aromatic hydroxyl groups is 1. The van der Waals surface area contributed by atoms with Gasteiger partial charge in [0.1, 0.15) is 36.4 Å². The molecule has 1 saturated heterocycles. The number of fused-ring (bicyclic) bond motifs is 1. The van der Waals surface area contributed by atoms with E-state index in [-0.39, 0.29) is 24.6 Å². The Morgan fingerprint density at radius 3 is 2.64 bits per heavy atom. The zero-order valence-electron chi connectivity index (χ0n) is 17.8. The van der Waals surface area contributed by atoms with Crippen molar-refractivity contribution in [1.29, 1.82) is 0 Å². The van der Waals surface area contributed by atoms with Gasteiger partial charge in [0, 0.05) is 6.42 Å². The van der Waals surface area contributed by atoms with Crippen LogP contribution in [0.25, 0.3) is 11.2 Å². The van der Waals surface area contributed by atoms with Crippen LogP contribution in [0.3, 0.4) is 0 Å². The van der Waals surface area contributed by atoms with E-state index < -0.39 is 43.2 Å². The lowest BCUT2D eigenvalue weighted by atomic mass is 10.1. The zero-order valence-corrected chi connectivity index (χ0v) is 17.8. The molecule has 1 aliphatic rings. The number of aromatic nitrogens is 4. The Balaban J connectivity index is 1.62. The van der Waals surface area contributed by atoms with Gasteiger partial charge in [-0.1, -0.05) is 12.1 Å². The molecular formula is C21H25N5O7. The molecule has 0 radical (unpaired) electrons. The Hall–Kier alpha value is -3.32. The van der Waals surface area contributed by atoms with E-state index in [2.05, 4.69) is 20.3 Å². The monoisotopic (exact) mass is 459 g/mol. The van der Waals surface area contributed by atoms with Crippen molar-refractivity contribution in [3.63, 3.8) is 0 Å². The van der Waals surface area contributed by atoms with Crippen molar-refractivity contribution in [3.05, 3.63) is 42.5 Å². The van der Waals surface area contributed by atoms with Crippen molar-refractivity contribution in [1.82, 2.24) is 19.5 Å². The van der Waals surface area contributed by atoms with Gasteiger partial charge in [-0.2, -0.15) is 0 Å². The summed E-state index contributed by atoms with van der Waals surface area (Å²) in [7, 11) is 0. The van der Waals surface area contributed by atoms with E-state index in [1.54, 1.807) is 19.1 Å². The van der Waals surface area contributed by atoms with E-state index in [1.165, 1.54) is 29.4 Å². The first kappa shape index (κ1) is 22.9. The first-order chi connectivity index (χ1) is 15.9. The highest BCUT2D eigenvalue weighted by molar-refractivity contribution is 5.86. The van der Waals surface area contributed by atoms with Crippen LogP contribution in [-0.2, 0) is 20.7 Å². The summed E-state index contributed by atoms with van der Waals surface area (Å²) in [5, 5.41) is 42.3. The average Bonchev–Trinajstić information content (AvgIpc) is 3.36. The number of benzene rings is 1. The third-order valence-corrected chi connectivity index (χ3v) is 5.41. The molecule has 4 rings (SSSR count). The SMILES string of the molecule is CCOC(=O)[C@@H](Cc1ccc(O)cc1)Nc1ncnc2c1ncn2[C@@H]1O[C@H](CO)[C@@H](O)[C@H]1O. The fraction of sp³-hybridized carbons (Fsp3) is 0.429. The van der Waals surface area contributed by atoms with E-state index in [9.17, 15) is 25.2 Å². The highest BCUT2D eigenvalue weighted by Crippen LogP contribution is 2.32. The molecule has 3 heterocycles. The molecule has 0 amide bonds. The summed E-state index contributed by atoms with van der Waals surface area (Å²) in [5.41, 5.74) is 1.41. The van der Waals surface area contributed by atoms with Crippen molar-refractivity contribution in [2.24, 2.45) is 0 Å². The second-order valence-corrected chi connectivity index (χ2v) is 7.59. The Bertz CT molecular complexity index is 1110. The quantitative estimate of drug-likeness (QED) is 0.281. The lowest BCUT2D eigenvalue weighted by Crippen LogP contribution is -2.34. The minimum Gasteiger partial charge on any atom is -0.508 e. The molecule has 33 heavy (non-hydrogen) atoms. The Labute approximate surface area is 188 Å². The van der Waals surface area contributed by atoms with Crippen LogP contribution in [0.1, 0.15) is 18.7 Å². The van der Waals surface area contributed by atoms with Crippen molar-refractivity contribution in [3.8, 4) is 5.75 Å². The number of anilines is 1. The number of rotatable bonds is 8. The average molecular weight is 459 g/mol. The van der Waals surface area contributed by atoms with Gasteiger partial charge in [-0.25, -0.2) is 19.7 Å². The number of hydrogen-bond acceptors (Lipinski definition) is 11. The van der Waals surface area contributed by atoms with Gasteiger partial charge in [-0.15, -0.1) is 0 Å². The number of esters is 1. The number of nitrogens with one attached hydrogen (secondary N) is 1. The number of carbonyl (C=O) groups excluding carboxylic acids is 1.